The molecule has 2 heterocycles. The van der Waals surface area contributed by atoms with Gasteiger partial charge in [-0.2, -0.15) is 4.31 Å². The molecule has 0 atom stereocenters. The molecule has 0 bridgehead atoms. The van der Waals surface area contributed by atoms with Crippen LogP contribution in [0.3, 0.4) is 0 Å². The molecule has 8 nitrogen and oxygen atoms in total. The third kappa shape index (κ3) is 5.41. The highest BCUT2D eigenvalue weighted by molar-refractivity contribution is 9.10. The smallest absolute Gasteiger partial charge is 0.265 e. The molecule has 0 radical (unpaired) electrons. The summed E-state index contributed by atoms with van der Waals surface area (Å²) < 4.78 is 32.9. The van der Waals surface area contributed by atoms with Crippen molar-refractivity contribution in [3.8, 4) is 0 Å². The molecule has 0 spiro atoms. The molecule has 0 aromatic heterocycles. The minimum atomic E-state index is -3.68. The third-order valence-electron chi connectivity index (χ3n) is 4.54. The molecule has 3 rings (SSSR count). The van der Waals surface area contributed by atoms with Crippen LogP contribution in [0.5, 0.6) is 0 Å². The fourth-order valence-electron chi connectivity index (χ4n) is 2.89. The SMILES string of the molecule is CN1CCN(NC(=O)c2ccc(Br)c(S(=O)(=O)N3CCOCC3)c2)CC1.Cl. The van der Waals surface area contributed by atoms with Gasteiger partial charge in [0.2, 0.25) is 10.0 Å². The largest absolute Gasteiger partial charge is 0.379 e. The lowest BCUT2D eigenvalue weighted by atomic mass is 10.2. The number of ether oxygens (including phenoxy) is 1. The Kier molecular flexibility index (Phi) is 8.05. The number of sulfonamides is 1. The Morgan fingerprint density at radius 2 is 1.74 bits per heavy atom. The number of hydrazine groups is 1. The van der Waals surface area contributed by atoms with Crippen LogP contribution in [0.15, 0.2) is 27.6 Å². The van der Waals surface area contributed by atoms with Crippen molar-refractivity contribution in [3.63, 3.8) is 0 Å². The molecule has 2 aliphatic heterocycles. The molecule has 2 saturated heterocycles. The highest BCUT2D eigenvalue weighted by atomic mass is 79.9. The van der Waals surface area contributed by atoms with Crippen molar-refractivity contribution in [1.82, 2.24) is 19.6 Å². The second-order valence-electron chi connectivity index (χ2n) is 6.39. The van der Waals surface area contributed by atoms with E-state index in [0.29, 0.717) is 36.3 Å². The highest BCUT2D eigenvalue weighted by Crippen LogP contribution is 2.27. The second-order valence-corrected chi connectivity index (χ2v) is 9.15. The first kappa shape index (κ1) is 22.5. The summed E-state index contributed by atoms with van der Waals surface area (Å²) in [5, 5.41) is 1.86. The van der Waals surface area contributed by atoms with Crippen LogP contribution in [0.1, 0.15) is 10.4 Å². The number of carbonyl (C=O) groups is 1. The number of nitrogens with one attached hydrogen (secondary N) is 1. The van der Waals surface area contributed by atoms with Crippen molar-refractivity contribution < 1.29 is 17.9 Å². The Bertz CT molecular complexity index is 766. The van der Waals surface area contributed by atoms with Crippen molar-refractivity contribution in [1.29, 1.82) is 0 Å². The van der Waals surface area contributed by atoms with Gasteiger partial charge in [-0.15, -0.1) is 12.4 Å². The van der Waals surface area contributed by atoms with Crippen LogP contribution in [0.4, 0.5) is 0 Å². The van der Waals surface area contributed by atoms with Gasteiger partial charge in [0.25, 0.3) is 5.91 Å². The number of likely N-dealkylation sites (N-methyl/N-ethyl adjacent to an activating group) is 1. The number of benzene rings is 1. The molecule has 0 unspecified atom stereocenters. The van der Waals surface area contributed by atoms with Crippen LogP contribution < -0.4 is 5.43 Å². The molecule has 0 aliphatic carbocycles. The van der Waals surface area contributed by atoms with Crippen molar-refractivity contribution >= 4 is 44.3 Å². The number of hydrogen-bond donors (Lipinski definition) is 1. The van der Waals surface area contributed by atoms with Gasteiger partial charge in [-0.05, 0) is 41.2 Å². The minimum Gasteiger partial charge on any atom is -0.379 e. The Morgan fingerprint density at radius 1 is 1.11 bits per heavy atom. The maximum Gasteiger partial charge on any atom is 0.265 e. The summed E-state index contributed by atoms with van der Waals surface area (Å²) in [6.07, 6.45) is 0. The average Bonchev–Trinajstić information content (AvgIpc) is 2.64. The summed E-state index contributed by atoms with van der Waals surface area (Å²) >= 11 is 3.30. The van der Waals surface area contributed by atoms with Crippen LogP contribution >= 0.6 is 28.3 Å². The molecule has 11 heteroatoms. The van der Waals surface area contributed by atoms with E-state index >= 15 is 0 Å². The van der Waals surface area contributed by atoms with Gasteiger partial charge in [-0.25, -0.2) is 13.4 Å². The van der Waals surface area contributed by atoms with E-state index in [1.165, 1.54) is 10.4 Å². The van der Waals surface area contributed by atoms with Gasteiger partial charge in [0.15, 0.2) is 0 Å². The number of piperazine rings is 1. The monoisotopic (exact) mass is 482 g/mol. The average molecular weight is 484 g/mol. The van der Waals surface area contributed by atoms with E-state index in [1.54, 1.807) is 12.1 Å². The standard InChI is InChI=1S/C16H23BrN4O4S.ClH/c1-19-4-6-20(7-5-19)18-16(22)13-2-3-14(17)15(12-13)26(23,24)21-8-10-25-11-9-21;/h2-3,12H,4-11H2,1H3,(H,18,22);1H. The van der Waals surface area contributed by atoms with Gasteiger partial charge >= 0.3 is 0 Å². The zero-order valence-electron chi connectivity index (χ0n) is 15.1. The topological polar surface area (TPSA) is 82.2 Å². The van der Waals surface area contributed by atoms with Gasteiger partial charge in [0.1, 0.15) is 0 Å². The van der Waals surface area contributed by atoms with Gasteiger partial charge in [0, 0.05) is 49.3 Å². The first-order chi connectivity index (χ1) is 12.4. The fourth-order valence-corrected chi connectivity index (χ4v) is 5.25. The van der Waals surface area contributed by atoms with Crippen molar-refractivity contribution in [2.45, 2.75) is 4.90 Å². The maximum absolute atomic E-state index is 12.9. The number of morpholine rings is 1. The van der Waals surface area contributed by atoms with Crippen LogP contribution in [0.25, 0.3) is 0 Å². The first-order valence-electron chi connectivity index (χ1n) is 8.50. The van der Waals surface area contributed by atoms with E-state index in [0.717, 1.165) is 26.2 Å². The van der Waals surface area contributed by atoms with Gasteiger partial charge in [-0.3, -0.25) is 10.2 Å². The van der Waals surface area contributed by atoms with Crippen molar-refractivity contribution in [3.05, 3.63) is 28.2 Å². The first-order valence-corrected chi connectivity index (χ1v) is 10.7. The van der Waals surface area contributed by atoms with E-state index in [-0.39, 0.29) is 23.2 Å². The molecule has 2 fully saturated rings. The Balaban J connectivity index is 0.00000261. The molecular formula is C16H24BrClN4O4S. The maximum atomic E-state index is 12.9. The molecule has 2 aliphatic rings. The van der Waals surface area contributed by atoms with Gasteiger partial charge < -0.3 is 9.64 Å². The van der Waals surface area contributed by atoms with Crippen LogP contribution in [0, 0.1) is 0 Å². The van der Waals surface area contributed by atoms with E-state index < -0.39 is 10.0 Å². The predicted molar refractivity (Wildman–Crippen MR) is 108 cm³/mol. The number of carbonyl (C=O) groups excluding carboxylic acids is 1. The van der Waals surface area contributed by atoms with E-state index in [2.05, 4.69) is 26.3 Å². The quantitative estimate of drug-likeness (QED) is 0.682. The zero-order chi connectivity index (χ0) is 18.7. The fraction of sp³-hybridized carbons (Fsp3) is 0.562. The molecule has 1 amide bonds. The van der Waals surface area contributed by atoms with Gasteiger partial charge in [0.05, 0.1) is 18.1 Å². The zero-order valence-corrected chi connectivity index (χ0v) is 18.3. The van der Waals surface area contributed by atoms with Crippen LogP contribution in [-0.2, 0) is 14.8 Å². The molecule has 0 saturated carbocycles. The summed E-state index contributed by atoms with van der Waals surface area (Å²) in [5.74, 6) is -0.305. The molecular weight excluding hydrogens is 460 g/mol. The predicted octanol–water partition coefficient (Wildman–Crippen LogP) is 0.784. The lowest BCUT2D eigenvalue weighted by Gasteiger charge is -2.32. The summed E-state index contributed by atoms with van der Waals surface area (Å²) in [6, 6.07) is 4.65. The second kappa shape index (κ2) is 9.64. The number of halogens is 2. The van der Waals surface area contributed by atoms with Crippen molar-refractivity contribution in [2.75, 3.05) is 59.5 Å². The molecule has 1 aromatic carbocycles. The summed E-state index contributed by atoms with van der Waals surface area (Å²) in [4.78, 5) is 14.8. The van der Waals surface area contributed by atoms with Crippen LogP contribution in [-0.4, -0.2) is 88.1 Å². The van der Waals surface area contributed by atoms with Gasteiger partial charge in [-0.1, -0.05) is 0 Å². The summed E-state index contributed by atoms with van der Waals surface area (Å²) in [5.41, 5.74) is 3.18. The minimum absolute atomic E-state index is 0. The normalized spacial score (nSPS) is 20.1. The summed E-state index contributed by atoms with van der Waals surface area (Å²) in [7, 11) is -1.64. The Hall–Kier alpha value is -0.750. The number of nitrogens with zero attached hydrogens (tertiary/aromatic N) is 3. The van der Waals surface area contributed by atoms with Crippen LogP contribution in [0.2, 0.25) is 0 Å². The number of hydrogen-bond acceptors (Lipinski definition) is 6. The number of rotatable bonds is 4. The Morgan fingerprint density at radius 3 is 2.37 bits per heavy atom. The summed E-state index contributed by atoms with van der Waals surface area (Å²) in [6.45, 7) is 4.59. The third-order valence-corrected chi connectivity index (χ3v) is 7.44. The molecule has 1 N–H and O–H groups in total. The lowest BCUT2D eigenvalue weighted by Crippen LogP contribution is -2.52. The molecule has 152 valence electrons. The molecule has 1 aromatic rings. The lowest BCUT2D eigenvalue weighted by molar-refractivity contribution is 0.0662. The van der Waals surface area contributed by atoms with E-state index in [1.807, 2.05) is 12.1 Å². The Labute approximate surface area is 174 Å². The van der Waals surface area contributed by atoms with E-state index in [4.69, 9.17) is 4.74 Å². The number of amides is 1. The highest BCUT2D eigenvalue weighted by Gasteiger charge is 2.29. The molecule has 27 heavy (non-hydrogen) atoms. The van der Waals surface area contributed by atoms with Crippen molar-refractivity contribution in [2.24, 2.45) is 0 Å². The van der Waals surface area contributed by atoms with E-state index in [9.17, 15) is 13.2 Å².